The van der Waals surface area contributed by atoms with Crippen LogP contribution in [0.2, 0.25) is 0 Å². The van der Waals surface area contributed by atoms with E-state index in [9.17, 15) is 15.0 Å². The number of ether oxygens (including phenoxy) is 2. The molecule has 0 saturated carbocycles. The Morgan fingerprint density at radius 2 is 2.03 bits per heavy atom. The fraction of sp³-hybridized carbons (Fsp3) is 0.261. The van der Waals surface area contributed by atoms with Gasteiger partial charge in [0, 0.05) is 28.6 Å². The first-order valence-electron chi connectivity index (χ1n) is 9.35. The Balaban J connectivity index is 1.84. The van der Waals surface area contributed by atoms with Gasteiger partial charge in [0.2, 0.25) is 0 Å². The molecular formula is C23H22O6. The van der Waals surface area contributed by atoms with Crippen LogP contribution in [0.15, 0.2) is 46.6 Å². The molecule has 0 aliphatic carbocycles. The van der Waals surface area contributed by atoms with E-state index in [0.717, 1.165) is 11.0 Å². The van der Waals surface area contributed by atoms with Crippen molar-refractivity contribution >= 4 is 16.8 Å². The summed E-state index contributed by atoms with van der Waals surface area (Å²) >= 11 is 0. The van der Waals surface area contributed by atoms with Gasteiger partial charge in [0.15, 0.2) is 5.78 Å². The number of fused-ring (bicyclic) bond motifs is 2. The molecule has 6 heteroatoms. The molecule has 0 fully saturated rings. The van der Waals surface area contributed by atoms with Gasteiger partial charge in [-0.05, 0) is 32.4 Å². The second-order valence-electron chi connectivity index (χ2n) is 7.37. The van der Waals surface area contributed by atoms with Gasteiger partial charge in [-0.3, -0.25) is 4.79 Å². The first kappa shape index (κ1) is 18.9. The van der Waals surface area contributed by atoms with Crippen molar-refractivity contribution in [2.75, 3.05) is 7.11 Å². The number of aromatic hydroxyl groups is 2. The Morgan fingerprint density at radius 1 is 1.24 bits per heavy atom. The number of benzene rings is 2. The Hall–Kier alpha value is -3.41. The number of carbonyl (C=O) groups is 1. The van der Waals surface area contributed by atoms with Crippen LogP contribution in [-0.4, -0.2) is 23.1 Å². The van der Waals surface area contributed by atoms with Crippen LogP contribution in [0.1, 0.15) is 47.9 Å². The lowest BCUT2D eigenvalue weighted by atomic mass is 9.91. The summed E-state index contributed by atoms with van der Waals surface area (Å²) in [5, 5.41) is 21.5. The molecule has 1 atom stereocenters. The van der Waals surface area contributed by atoms with E-state index in [2.05, 4.69) is 0 Å². The largest absolute Gasteiger partial charge is 0.507 e. The lowest BCUT2D eigenvalue weighted by Crippen LogP contribution is -2.22. The second kappa shape index (κ2) is 7.20. The highest BCUT2D eigenvalue weighted by molar-refractivity contribution is 6.03. The lowest BCUT2D eigenvalue weighted by molar-refractivity contribution is 0.0839. The zero-order valence-electron chi connectivity index (χ0n) is 16.5. The van der Waals surface area contributed by atoms with Crippen LogP contribution in [0.4, 0.5) is 0 Å². The van der Waals surface area contributed by atoms with Crippen molar-refractivity contribution < 1.29 is 28.9 Å². The molecule has 1 aliphatic heterocycles. The molecule has 0 radical (unpaired) electrons. The smallest absolute Gasteiger partial charge is 0.174 e. The van der Waals surface area contributed by atoms with Gasteiger partial charge in [-0.1, -0.05) is 11.6 Å². The molecule has 3 aromatic rings. The standard InChI is InChI=1S/C23H22O6/c1-12(2)4-5-14-16(24)9-17(25)22-18(26)10-21(29-23(14)22)15-8-13-6-7-28-19(13)11-20(15)27-3/h4,6-9,11,21,24-25H,5,10H2,1-3H3/t21-/m0/s1. The van der Waals surface area contributed by atoms with Crippen LogP contribution in [0, 0.1) is 0 Å². The molecule has 150 valence electrons. The molecule has 1 aromatic heterocycles. The van der Waals surface area contributed by atoms with Crippen molar-refractivity contribution in [3.63, 3.8) is 0 Å². The number of hydrogen-bond acceptors (Lipinski definition) is 6. The average Bonchev–Trinajstić information content (AvgIpc) is 3.13. The number of phenols is 2. The van der Waals surface area contributed by atoms with Crippen molar-refractivity contribution in [2.24, 2.45) is 0 Å². The third-order valence-corrected chi connectivity index (χ3v) is 5.12. The number of Topliss-reactive ketones (excluding diaryl/α,β-unsaturated/α-hetero) is 1. The number of furan rings is 1. The average molecular weight is 394 g/mol. The summed E-state index contributed by atoms with van der Waals surface area (Å²) in [6.45, 7) is 3.90. The van der Waals surface area contributed by atoms with Gasteiger partial charge in [0.25, 0.3) is 0 Å². The predicted molar refractivity (Wildman–Crippen MR) is 108 cm³/mol. The van der Waals surface area contributed by atoms with Gasteiger partial charge in [0.1, 0.15) is 40.2 Å². The molecule has 0 amide bonds. The monoisotopic (exact) mass is 394 g/mol. The number of ketones is 1. The van der Waals surface area contributed by atoms with E-state index in [1.54, 1.807) is 19.4 Å². The molecule has 2 aromatic carbocycles. The van der Waals surface area contributed by atoms with Gasteiger partial charge >= 0.3 is 0 Å². The Bertz CT molecular complexity index is 1130. The van der Waals surface area contributed by atoms with Crippen LogP contribution in [0.3, 0.4) is 0 Å². The van der Waals surface area contributed by atoms with Gasteiger partial charge in [-0.2, -0.15) is 0 Å². The number of phenolic OH excluding ortho intramolecular Hbond substituents is 2. The quantitative estimate of drug-likeness (QED) is 0.601. The number of methoxy groups -OCH3 is 1. The molecule has 0 saturated heterocycles. The normalized spacial score (nSPS) is 15.7. The molecule has 2 heterocycles. The van der Waals surface area contributed by atoms with E-state index >= 15 is 0 Å². The molecule has 4 rings (SSSR count). The molecule has 29 heavy (non-hydrogen) atoms. The Kier molecular flexibility index (Phi) is 4.70. The van der Waals surface area contributed by atoms with Crippen molar-refractivity contribution in [2.45, 2.75) is 32.8 Å². The Labute approximate surface area is 168 Å². The summed E-state index contributed by atoms with van der Waals surface area (Å²) in [4.78, 5) is 12.9. The molecule has 0 spiro atoms. The third-order valence-electron chi connectivity index (χ3n) is 5.12. The van der Waals surface area contributed by atoms with E-state index in [-0.39, 0.29) is 35.0 Å². The highest BCUT2D eigenvalue weighted by atomic mass is 16.5. The summed E-state index contributed by atoms with van der Waals surface area (Å²) in [5.41, 5.74) is 3.03. The fourth-order valence-corrected chi connectivity index (χ4v) is 3.64. The van der Waals surface area contributed by atoms with E-state index in [0.29, 0.717) is 28.9 Å². The maximum absolute atomic E-state index is 12.9. The van der Waals surface area contributed by atoms with Crippen LogP contribution >= 0.6 is 0 Å². The summed E-state index contributed by atoms with van der Waals surface area (Å²) in [6, 6.07) is 6.67. The minimum atomic E-state index is -0.615. The predicted octanol–water partition coefficient (Wildman–Crippen LogP) is 5.07. The van der Waals surface area contributed by atoms with Crippen molar-refractivity contribution in [3.8, 4) is 23.0 Å². The van der Waals surface area contributed by atoms with Crippen LogP contribution in [-0.2, 0) is 6.42 Å². The third kappa shape index (κ3) is 3.31. The van der Waals surface area contributed by atoms with Crippen LogP contribution in [0.5, 0.6) is 23.0 Å². The van der Waals surface area contributed by atoms with Crippen molar-refractivity contribution in [1.29, 1.82) is 0 Å². The zero-order valence-corrected chi connectivity index (χ0v) is 16.5. The SMILES string of the molecule is COc1cc2occc2cc1[C@@H]1CC(=O)c2c(O)cc(O)c(CC=C(C)C)c2O1. The van der Waals surface area contributed by atoms with Crippen molar-refractivity contribution in [1.82, 2.24) is 0 Å². The lowest BCUT2D eigenvalue weighted by Gasteiger charge is -2.29. The number of rotatable bonds is 4. The van der Waals surface area contributed by atoms with Crippen LogP contribution in [0.25, 0.3) is 11.0 Å². The highest BCUT2D eigenvalue weighted by Gasteiger charge is 2.34. The molecule has 1 aliphatic rings. The van der Waals surface area contributed by atoms with Gasteiger partial charge in [0.05, 0.1) is 19.8 Å². The van der Waals surface area contributed by atoms with Crippen LogP contribution < -0.4 is 9.47 Å². The topological polar surface area (TPSA) is 89.1 Å². The second-order valence-corrected chi connectivity index (χ2v) is 7.37. The molecule has 0 unspecified atom stereocenters. The van der Waals surface area contributed by atoms with E-state index in [1.807, 2.05) is 32.1 Å². The first-order valence-corrected chi connectivity index (χ1v) is 9.35. The zero-order chi connectivity index (χ0) is 20.7. The van der Waals surface area contributed by atoms with E-state index < -0.39 is 6.10 Å². The molecule has 2 N–H and O–H groups in total. The molecule has 6 nitrogen and oxygen atoms in total. The number of hydrogen-bond donors (Lipinski definition) is 2. The summed E-state index contributed by atoms with van der Waals surface area (Å²) in [5.74, 6) is 0.129. The first-order chi connectivity index (χ1) is 13.9. The van der Waals surface area contributed by atoms with Crippen molar-refractivity contribution in [3.05, 3.63) is 58.9 Å². The van der Waals surface area contributed by atoms with Gasteiger partial charge < -0.3 is 24.1 Å². The van der Waals surface area contributed by atoms with Gasteiger partial charge in [-0.15, -0.1) is 0 Å². The number of carbonyl (C=O) groups excluding carboxylic acids is 1. The highest BCUT2D eigenvalue weighted by Crippen LogP contribution is 2.47. The number of allylic oxidation sites excluding steroid dienone is 2. The van der Waals surface area contributed by atoms with Gasteiger partial charge in [-0.25, -0.2) is 0 Å². The fourth-order valence-electron chi connectivity index (χ4n) is 3.64. The van der Waals surface area contributed by atoms with E-state index in [1.165, 1.54) is 6.07 Å². The summed E-state index contributed by atoms with van der Waals surface area (Å²) < 4.78 is 17.1. The minimum Gasteiger partial charge on any atom is -0.507 e. The maximum atomic E-state index is 12.9. The summed E-state index contributed by atoms with van der Waals surface area (Å²) in [7, 11) is 1.55. The summed E-state index contributed by atoms with van der Waals surface area (Å²) in [6.07, 6.45) is 3.34. The minimum absolute atomic E-state index is 0.0487. The molecular weight excluding hydrogens is 372 g/mol. The van der Waals surface area contributed by atoms with E-state index in [4.69, 9.17) is 13.9 Å². The molecule has 0 bridgehead atoms. The maximum Gasteiger partial charge on any atom is 0.174 e. The Morgan fingerprint density at radius 3 is 2.76 bits per heavy atom.